The van der Waals surface area contributed by atoms with Crippen LogP contribution in [0.2, 0.25) is 0 Å². The van der Waals surface area contributed by atoms with Crippen LogP contribution in [0.15, 0.2) is 70.8 Å². The standard InChI is InChI=1S/C23H19N3O5S/c1-30-22-9-5-18(14-24-22)16-4-8-21-17(12-16)10-11-26(21)32(28,29)19-6-2-15(3-7-19)20-13-23(27)31-25-20/h2-9,12,14H,10-11,13H2,1H3. The highest BCUT2D eigenvalue weighted by atomic mass is 32.2. The van der Waals surface area contributed by atoms with Gasteiger partial charge < -0.3 is 9.57 Å². The maximum atomic E-state index is 13.3. The molecule has 0 saturated carbocycles. The molecule has 0 aliphatic carbocycles. The molecular weight excluding hydrogens is 430 g/mol. The van der Waals surface area contributed by atoms with Crippen LogP contribution >= 0.6 is 0 Å². The summed E-state index contributed by atoms with van der Waals surface area (Å²) in [5.74, 6) is 0.118. The van der Waals surface area contributed by atoms with Gasteiger partial charge in [0.05, 0.1) is 29.8 Å². The van der Waals surface area contributed by atoms with E-state index in [4.69, 9.17) is 4.74 Å². The van der Waals surface area contributed by atoms with Crippen molar-refractivity contribution in [2.45, 2.75) is 17.7 Å². The number of benzene rings is 2. The van der Waals surface area contributed by atoms with Crippen LogP contribution in [-0.2, 0) is 26.1 Å². The second-order valence-corrected chi connectivity index (χ2v) is 9.32. The highest BCUT2D eigenvalue weighted by Crippen LogP contribution is 2.36. The first-order chi connectivity index (χ1) is 15.5. The lowest BCUT2D eigenvalue weighted by atomic mass is 10.0. The number of nitrogens with zero attached hydrogens (tertiary/aromatic N) is 3. The average Bonchev–Trinajstić information content (AvgIpc) is 3.45. The zero-order valence-corrected chi connectivity index (χ0v) is 18.0. The van der Waals surface area contributed by atoms with Crippen molar-refractivity contribution in [1.82, 2.24) is 4.98 Å². The van der Waals surface area contributed by atoms with Crippen LogP contribution in [-0.4, -0.2) is 38.7 Å². The molecule has 0 radical (unpaired) electrons. The summed E-state index contributed by atoms with van der Waals surface area (Å²) < 4.78 is 33.1. The molecule has 0 N–H and O–H groups in total. The van der Waals surface area contributed by atoms with E-state index in [0.717, 1.165) is 16.7 Å². The van der Waals surface area contributed by atoms with Gasteiger partial charge in [-0.2, -0.15) is 0 Å². The van der Waals surface area contributed by atoms with E-state index in [1.165, 1.54) is 16.4 Å². The maximum Gasteiger partial charge on any atom is 0.341 e. The summed E-state index contributed by atoms with van der Waals surface area (Å²) >= 11 is 0. The van der Waals surface area contributed by atoms with Crippen LogP contribution in [0.25, 0.3) is 11.1 Å². The second kappa shape index (κ2) is 7.76. The minimum Gasteiger partial charge on any atom is -0.481 e. The third kappa shape index (κ3) is 3.50. The van der Waals surface area contributed by atoms with E-state index in [-0.39, 0.29) is 11.3 Å². The number of hydrogen-bond acceptors (Lipinski definition) is 7. The molecule has 162 valence electrons. The predicted octanol–water partition coefficient (Wildman–Crippen LogP) is 3.16. The van der Waals surface area contributed by atoms with Gasteiger partial charge in [0.1, 0.15) is 0 Å². The van der Waals surface area contributed by atoms with Crippen LogP contribution in [0.1, 0.15) is 17.5 Å². The molecule has 0 atom stereocenters. The first-order valence-electron chi connectivity index (χ1n) is 9.99. The second-order valence-electron chi connectivity index (χ2n) is 7.46. The molecule has 2 aliphatic heterocycles. The summed E-state index contributed by atoms with van der Waals surface area (Å²) in [7, 11) is -2.16. The molecule has 3 heterocycles. The first-order valence-corrected chi connectivity index (χ1v) is 11.4. The Morgan fingerprint density at radius 1 is 1.00 bits per heavy atom. The lowest BCUT2D eigenvalue weighted by Gasteiger charge is -2.20. The number of aromatic nitrogens is 1. The number of carbonyl (C=O) groups excluding carboxylic acids is 1. The Morgan fingerprint density at radius 3 is 2.41 bits per heavy atom. The van der Waals surface area contributed by atoms with Crippen molar-refractivity contribution >= 4 is 27.4 Å². The highest BCUT2D eigenvalue weighted by molar-refractivity contribution is 7.92. The van der Waals surface area contributed by atoms with Gasteiger partial charge in [-0.1, -0.05) is 23.4 Å². The van der Waals surface area contributed by atoms with Gasteiger partial charge in [-0.05, 0) is 47.9 Å². The van der Waals surface area contributed by atoms with Gasteiger partial charge in [0.15, 0.2) is 0 Å². The predicted molar refractivity (Wildman–Crippen MR) is 118 cm³/mol. The van der Waals surface area contributed by atoms with Gasteiger partial charge in [0.2, 0.25) is 5.88 Å². The molecule has 32 heavy (non-hydrogen) atoms. The first kappa shape index (κ1) is 20.2. The number of carbonyl (C=O) groups is 1. The van der Waals surface area contributed by atoms with Crippen molar-refractivity contribution in [3.05, 3.63) is 71.9 Å². The molecule has 9 heteroatoms. The lowest BCUT2D eigenvalue weighted by molar-refractivity contribution is -0.140. The number of ether oxygens (including phenoxy) is 1. The van der Waals surface area contributed by atoms with Gasteiger partial charge in [-0.15, -0.1) is 0 Å². The normalized spacial score (nSPS) is 15.3. The Kier molecular flexibility index (Phi) is 4.90. The molecule has 2 aromatic carbocycles. The number of oxime groups is 1. The highest BCUT2D eigenvalue weighted by Gasteiger charge is 2.31. The molecule has 0 amide bonds. The van der Waals surface area contributed by atoms with Crippen LogP contribution in [0.3, 0.4) is 0 Å². The largest absolute Gasteiger partial charge is 0.481 e. The van der Waals surface area contributed by atoms with E-state index >= 15 is 0 Å². The van der Waals surface area contributed by atoms with Crippen molar-refractivity contribution in [3.63, 3.8) is 0 Å². The van der Waals surface area contributed by atoms with Crippen molar-refractivity contribution in [1.29, 1.82) is 0 Å². The minimum atomic E-state index is -3.72. The molecule has 3 aromatic rings. The Bertz CT molecular complexity index is 1330. The number of fused-ring (bicyclic) bond motifs is 1. The summed E-state index contributed by atoms with van der Waals surface area (Å²) in [4.78, 5) is 20.3. The van der Waals surface area contributed by atoms with Gasteiger partial charge in [-0.25, -0.2) is 18.2 Å². The molecule has 1 aromatic heterocycles. The Hall–Kier alpha value is -3.72. The van der Waals surface area contributed by atoms with Crippen molar-refractivity contribution in [2.75, 3.05) is 18.0 Å². The third-order valence-electron chi connectivity index (χ3n) is 5.56. The van der Waals surface area contributed by atoms with Gasteiger partial charge >= 0.3 is 5.97 Å². The number of anilines is 1. The van der Waals surface area contributed by atoms with Crippen molar-refractivity contribution in [3.8, 4) is 17.0 Å². The Labute approximate surface area is 185 Å². The Morgan fingerprint density at radius 2 is 1.75 bits per heavy atom. The number of hydrogen-bond donors (Lipinski definition) is 0. The lowest BCUT2D eigenvalue weighted by Crippen LogP contribution is -2.29. The number of methoxy groups -OCH3 is 1. The van der Waals surface area contributed by atoms with Crippen molar-refractivity contribution < 1.29 is 22.8 Å². The van der Waals surface area contributed by atoms with Gasteiger partial charge in [-0.3, -0.25) is 4.31 Å². The molecule has 0 bridgehead atoms. The van der Waals surface area contributed by atoms with Crippen LogP contribution in [0.4, 0.5) is 5.69 Å². The third-order valence-corrected chi connectivity index (χ3v) is 7.38. The topological polar surface area (TPSA) is 98.2 Å². The quantitative estimate of drug-likeness (QED) is 0.555. The van der Waals surface area contributed by atoms with Crippen LogP contribution < -0.4 is 9.04 Å². The fraction of sp³-hybridized carbons (Fsp3) is 0.174. The summed E-state index contributed by atoms with van der Waals surface area (Å²) in [6, 6.07) is 15.8. The summed E-state index contributed by atoms with van der Waals surface area (Å²) in [6.07, 6.45) is 2.44. The molecule has 5 rings (SSSR count). The van der Waals surface area contributed by atoms with E-state index in [0.29, 0.717) is 35.8 Å². The summed E-state index contributed by atoms with van der Waals surface area (Å²) in [5, 5.41) is 3.72. The molecule has 0 spiro atoms. The van der Waals surface area contributed by atoms with E-state index < -0.39 is 16.0 Å². The van der Waals surface area contributed by atoms with E-state index in [1.54, 1.807) is 31.5 Å². The Balaban J connectivity index is 1.41. The maximum absolute atomic E-state index is 13.3. The molecule has 8 nitrogen and oxygen atoms in total. The van der Waals surface area contributed by atoms with E-state index in [9.17, 15) is 13.2 Å². The van der Waals surface area contributed by atoms with Crippen LogP contribution in [0.5, 0.6) is 5.88 Å². The zero-order chi connectivity index (χ0) is 22.3. The van der Waals surface area contributed by atoms with E-state index in [2.05, 4.69) is 15.0 Å². The zero-order valence-electron chi connectivity index (χ0n) is 17.2. The smallest absolute Gasteiger partial charge is 0.341 e. The van der Waals surface area contributed by atoms with Gasteiger partial charge in [0, 0.05) is 29.9 Å². The molecule has 0 fully saturated rings. The molecule has 0 saturated heterocycles. The molecule has 2 aliphatic rings. The fourth-order valence-electron chi connectivity index (χ4n) is 3.88. The summed E-state index contributed by atoms with van der Waals surface area (Å²) in [5.41, 5.74) is 4.70. The number of rotatable bonds is 5. The molecule has 0 unspecified atom stereocenters. The summed E-state index contributed by atoms with van der Waals surface area (Å²) in [6.45, 7) is 0.374. The number of sulfonamides is 1. The fourth-order valence-corrected chi connectivity index (χ4v) is 5.38. The minimum absolute atomic E-state index is 0.0810. The molecular formula is C23H19N3O5S. The van der Waals surface area contributed by atoms with E-state index in [1.807, 2.05) is 24.3 Å². The van der Waals surface area contributed by atoms with Crippen LogP contribution in [0, 0.1) is 0 Å². The van der Waals surface area contributed by atoms with Crippen molar-refractivity contribution in [2.24, 2.45) is 5.16 Å². The average molecular weight is 449 g/mol. The SMILES string of the molecule is COc1ccc(-c2ccc3c(c2)CCN3S(=O)(=O)c2ccc(C3=NOC(=O)C3)cc2)cn1. The number of pyridine rings is 1. The van der Waals surface area contributed by atoms with Gasteiger partial charge in [0.25, 0.3) is 10.0 Å². The monoisotopic (exact) mass is 449 g/mol.